The number of hydrogen-bond acceptors (Lipinski definition) is 4. The zero-order valence-corrected chi connectivity index (χ0v) is 14.3. The average molecular weight is 348 g/mol. The van der Waals surface area contributed by atoms with Gasteiger partial charge in [0.15, 0.2) is 0 Å². The van der Waals surface area contributed by atoms with Gasteiger partial charge in [0.25, 0.3) is 0 Å². The maximum absolute atomic E-state index is 12.2. The summed E-state index contributed by atoms with van der Waals surface area (Å²) < 4.78 is 5.81. The highest BCUT2D eigenvalue weighted by Gasteiger charge is 2.43. The Morgan fingerprint density at radius 2 is 1.96 bits per heavy atom. The molecule has 1 heterocycles. The molecule has 2 aromatic carbocycles. The molecule has 4 rings (SSSR count). The van der Waals surface area contributed by atoms with E-state index in [2.05, 4.69) is 32.9 Å². The van der Waals surface area contributed by atoms with E-state index >= 15 is 0 Å². The lowest BCUT2D eigenvalue weighted by molar-refractivity contribution is -0.122. The third kappa shape index (κ3) is 3.91. The summed E-state index contributed by atoms with van der Waals surface area (Å²) in [6.07, 6.45) is 2.49. The SMILES string of the molecule is O=C(NCc1cn[nH]n1)[C@H]1C[C@@H]1c1ccc(OCc2ccccc2)cc1. The largest absolute Gasteiger partial charge is 0.489 e. The minimum atomic E-state index is 0.0398. The Morgan fingerprint density at radius 1 is 1.15 bits per heavy atom. The van der Waals surface area contributed by atoms with Gasteiger partial charge in [-0.3, -0.25) is 4.79 Å². The number of carbonyl (C=O) groups excluding carboxylic acids is 1. The van der Waals surface area contributed by atoms with Gasteiger partial charge < -0.3 is 10.1 Å². The predicted octanol–water partition coefficient (Wildman–Crippen LogP) is 2.80. The maximum atomic E-state index is 12.2. The van der Waals surface area contributed by atoms with Crippen molar-refractivity contribution >= 4 is 5.91 Å². The molecule has 2 N–H and O–H groups in total. The van der Waals surface area contributed by atoms with Crippen LogP contribution >= 0.6 is 0 Å². The smallest absolute Gasteiger partial charge is 0.224 e. The maximum Gasteiger partial charge on any atom is 0.224 e. The highest BCUT2D eigenvalue weighted by molar-refractivity contribution is 5.82. The molecule has 26 heavy (non-hydrogen) atoms. The fourth-order valence-electron chi connectivity index (χ4n) is 3.02. The van der Waals surface area contributed by atoms with Gasteiger partial charge in [-0.05, 0) is 35.6 Å². The van der Waals surface area contributed by atoms with Crippen molar-refractivity contribution in [3.63, 3.8) is 0 Å². The van der Waals surface area contributed by atoms with Crippen LogP contribution in [-0.2, 0) is 17.9 Å². The van der Waals surface area contributed by atoms with E-state index in [1.165, 1.54) is 5.56 Å². The molecule has 2 atom stereocenters. The van der Waals surface area contributed by atoms with Crippen molar-refractivity contribution < 1.29 is 9.53 Å². The molecule has 0 saturated heterocycles. The van der Waals surface area contributed by atoms with Gasteiger partial charge >= 0.3 is 0 Å². The second kappa shape index (κ2) is 7.39. The first kappa shape index (κ1) is 16.3. The second-order valence-electron chi connectivity index (χ2n) is 6.47. The Balaban J connectivity index is 1.27. The number of H-pyrrole nitrogens is 1. The van der Waals surface area contributed by atoms with E-state index in [0.29, 0.717) is 13.2 Å². The molecule has 1 saturated carbocycles. The summed E-state index contributed by atoms with van der Waals surface area (Å²) in [5.41, 5.74) is 3.05. The number of hydrogen-bond donors (Lipinski definition) is 2. The molecule has 0 aliphatic heterocycles. The molecule has 1 aliphatic rings. The fraction of sp³-hybridized carbons (Fsp3) is 0.250. The molecule has 0 unspecified atom stereocenters. The molecule has 132 valence electrons. The van der Waals surface area contributed by atoms with Crippen LogP contribution in [0.5, 0.6) is 5.75 Å². The van der Waals surface area contributed by atoms with E-state index in [1.807, 2.05) is 42.5 Å². The van der Waals surface area contributed by atoms with Crippen molar-refractivity contribution in [1.29, 1.82) is 0 Å². The molecule has 1 aliphatic carbocycles. The zero-order valence-electron chi connectivity index (χ0n) is 14.3. The predicted molar refractivity (Wildman–Crippen MR) is 96.3 cm³/mol. The summed E-state index contributed by atoms with van der Waals surface area (Å²) in [6.45, 7) is 0.960. The van der Waals surface area contributed by atoms with E-state index in [9.17, 15) is 4.79 Å². The number of aromatic amines is 1. The van der Waals surface area contributed by atoms with Crippen molar-refractivity contribution in [2.45, 2.75) is 25.5 Å². The summed E-state index contributed by atoms with van der Waals surface area (Å²) in [5.74, 6) is 1.24. The lowest BCUT2D eigenvalue weighted by Gasteiger charge is -2.07. The highest BCUT2D eigenvalue weighted by atomic mass is 16.5. The van der Waals surface area contributed by atoms with Crippen LogP contribution in [0.25, 0.3) is 0 Å². The van der Waals surface area contributed by atoms with Crippen LogP contribution in [0.3, 0.4) is 0 Å². The third-order valence-electron chi connectivity index (χ3n) is 4.59. The number of amides is 1. The van der Waals surface area contributed by atoms with Gasteiger partial charge in [-0.1, -0.05) is 42.5 Å². The van der Waals surface area contributed by atoms with Crippen molar-refractivity contribution in [3.05, 3.63) is 77.6 Å². The number of nitrogens with zero attached hydrogens (tertiary/aromatic N) is 2. The molecule has 0 spiro atoms. The van der Waals surface area contributed by atoms with Crippen molar-refractivity contribution in [1.82, 2.24) is 20.7 Å². The van der Waals surface area contributed by atoms with Crippen LogP contribution in [0, 0.1) is 5.92 Å². The van der Waals surface area contributed by atoms with Crippen LogP contribution in [0.1, 0.15) is 29.2 Å². The molecule has 6 nitrogen and oxygen atoms in total. The van der Waals surface area contributed by atoms with E-state index < -0.39 is 0 Å². The average Bonchev–Trinajstić information content (AvgIpc) is 3.32. The Labute approximate surface area is 151 Å². The van der Waals surface area contributed by atoms with Gasteiger partial charge in [0, 0.05) is 5.92 Å². The minimum Gasteiger partial charge on any atom is -0.489 e. The molecule has 1 fully saturated rings. The van der Waals surface area contributed by atoms with Crippen molar-refractivity contribution in [3.8, 4) is 5.75 Å². The Bertz CT molecular complexity index is 847. The third-order valence-corrected chi connectivity index (χ3v) is 4.59. The van der Waals surface area contributed by atoms with Crippen molar-refractivity contribution in [2.75, 3.05) is 0 Å². The topological polar surface area (TPSA) is 79.9 Å². The summed E-state index contributed by atoms with van der Waals surface area (Å²) in [5, 5.41) is 13.1. The van der Waals surface area contributed by atoms with Crippen LogP contribution in [0.2, 0.25) is 0 Å². The van der Waals surface area contributed by atoms with E-state index in [1.54, 1.807) is 6.20 Å². The van der Waals surface area contributed by atoms with Gasteiger partial charge in [0.1, 0.15) is 18.1 Å². The molecule has 0 radical (unpaired) electrons. The molecule has 0 bridgehead atoms. The first-order valence-electron chi connectivity index (χ1n) is 8.68. The number of nitrogens with one attached hydrogen (secondary N) is 2. The van der Waals surface area contributed by atoms with Gasteiger partial charge in [0.05, 0.1) is 12.7 Å². The summed E-state index contributed by atoms with van der Waals surface area (Å²) in [6, 6.07) is 18.1. The second-order valence-corrected chi connectivity index (χ2v) is 6.47. The van der Waals surface area contributed by atoms with E-state index in [0.717, 1.165) is 23.4 Å². The van der Waals surface area contributed by atoms with Gasteiger partial charge in [-0.15, -0.1) is 0 Å². The lowest BCUT2D eigenvalue weighted by atomic mass is 10.1. The van der Waals surface area contributed by atoms with Gasteiger partial charge in [-0.25, -0.2) is 0 Å². The normalized spacial score (nSPS) is 18.3. The monoisotopic (exact) mass is 348 g/mol. The Morgan fingerprint density at radius 3 is 2.69 bits per heavy atom. The number of aromatic nitrogens is 3. The zero-order chi connectivity index (χ0) is 17.8. The number of carbonyl (C=O) groups is 1. The Hall–Kier alpha value is -3.15. The molecule has 1 amide bonds. The number of ether oxygens (including phenoxy) is 1. The van der Waals surface area contributed by atoms with Crippen LogP contribution in [0.4, 0.5) is 0 Å². The van der Waals surface area contributed by atoms with Gasteiger partial charge in [0.2, 0.25) is 5.91 Å². The quantitative estimate of drug-likeness (QED) is 0.688. The Kier molecular flexibility index (Phi) is 4.64. The van der Waals surface area contributed by atoms with Crippen LogP contribution in [0.15, 0.2) is 60.8 Å². The van der Waals surface area contributed by atoms with Crippen molar-refractivity contribution in [2.24, 2.45) is 5.92 Å². The van der Waals surface area contributed by atoms with Gasteiger partial charge in [-0.2, -0.15) is 15.4 Å². The first-order chi connectivity index (χ1) is 12.8. The van der Waals surface area contributed by atoms with E-state index in [4.69, 9.17) is 4.74 Å². The lowest BCUT2D eigenvalue weighted by Crippen LogP contribution is -2.25. The van der Waals surface area contributed by atoms with Crippen LogP contribution in [-0.4, -0.2) is 21.3 Å². The highest BCUT2D eigenvalue weighted by Crippen LogP contribution is 2.47. The fourth-order valence-corrected chi connectivity index (χ4v) is 3.02. The number of rotatable bonds is 7. The number of benzene rings is 2. The summed E-state index contributed by atoms with van der Waals surface area (Å²) in [4.78, 5) is 12.2. The minimum absolute atomic E-state index is 0.0398. The molecule has 1 aromatic heterocycles. The van der Waals surface area contributed by atoms with E-state index in [-0.39, 0.29) is 17.7 Å². The molecular formula is C20H20N4O2. The molecule has 6 heteroatoms. The molecule has 3 aromatic rings. The molecular weight excluding hydrogens is 328 g/mol. The summed E-state index contributed by atoms with van der Waals surface area (Å²) in [7, 11) is 0. The van der Waals surface area contributed by atoms with Crippen LogP contribution < -0.4 is 10.1 Å². The first-order valence-corrected chi connectivity index (χ1v) is 8.68. The summed E-state index contributed by atoms with van der Waals surface area (Å²) >= 11 is 0. The standard InChI is InChI=1S/C20H20N4O2/c25-20(21-11-16-12-22-24-23-16)19-10-18(19)15-6-8-17(9-7-15)26-13-14-4-2-1-3-5-14/h1-9,12,18-19H,10-11,13H2,(H,21,25)(H,22,23,24)/t18-,19+/m1/s1.